The zero-order valence-corrected chi connectivity index (χ0v) is 11.8. The van der Waals surface area contributed by atoms with Crippen molar-refractivity contribution in [2.45, 2.75) is 38.5 Å². The molecule has 5 nitrogen and oxygen atoms in total. The van der Waals surface area contributed by atoms with Gasteiger partial charge in [-0.15, -0.1) is 0 Å². The molecule has 0 amide bonds. The van der Waals surface area contributed by atoms with Crippen LogP contribution >= 0.6 is 0 Å². The number of hydrogen-bond donors (Lipinski definition) is 1. The van der Waals surface area contributed by atoms with Crippen molar-refractivity contribution in [2.24, 2.45) is 12.8 Å². The van der Waals surface area contributed by atoms with Gasteiger partial charge < -0.3 is 10.5 Å². The number of ether oxygens (including phenoxy) is 1. The molecule has 1 saturated heterocycles. The summed E-state index contributed by atoms with van der Waals surface area (Å²) in [5, 5.41) is 4.32. The number of nitrogens with zero attached hydrogens (tertiary/aromatic N) is 3. The van der Waals surface area contributed by atoms with E-state index in [4.69, 9.17) is 10.5 Å². The van der Waals surface area contributed by atoms with Crippen LogP contribution in [0.2, 0.25) is 0 Å². The maximum Gasteiger partial charge on any atom is 0.0703 e. The van der Waals surface area contributed by atoms with Crippen LogP contribution < -0.4 is 5.73 Å². The Morgan fingerprint density at radius 1 is 1.67 bits per heavy atom. The van der Waals surface area contributed by atoms with E-state index in [9.17, 15) is 0 Å². The molecule has 2 N–H and O–H groups in total. The summed E-state index contributed by atoms with van der Waals surface area (Å²) in [6.45, 7) is 5.68. The van der Waals surface area contributed by atoms with Crippen LogP contribution in [0.1, 0.15) is 30.6 Å². The Morgan fingerprint density at radius 3 is 2.83 bits per heavy atom. The Balaban J connectivity index is 2.20. The van der Waals surface area contributed by atoms with Crippen LogP contribution in [0.15, 0.2) is 6.20 Å². The molecule has 0 radical (unpaired) electrons. The first kappa shape index (κ1) is 13.5. The van der Waals surface area contributed by atoms with Gasteiger partial charge in [0, 0.05) is 37.5 Å². The van der Waals surface area contributed by atoms with Crippen molar-refractivity contribution in [1.29, 1.82) is 0 Å². The van der Waals surface area contributed by atoms with Crippen molar-refractivity contribution >= 4 is 0 Å². The van der Waals surface area contributed by atoms with Gasteiger partial charge in [0.05, 0.1) is 18.3 Å². The highest BCUT2D eigenvalue weighted by molar-refractivity contribution is 5.21. The molecule has 5 heteroatoms. The van der Waals surface area contributed by atoms with Crippen molar-refractivity contribution in [1.82, 2.24) is 14.7 Å². The fraction of sp³-hybridized carbons (Fsp3) is 0.769. The highest BCUT2D eigenvalue weighted by Gasteiger charge is 2.32. The summed E-state index contributed by atoms with van der Waals surface area (Å²) in [5.74, 6) is 0. The third-order valence-corrected chi connectivity index (χ3v) is 4.21. The quantitative estimate of drug-likeness (QED) is 0.862. The molecule has 0 aliphatic carbocycles. The van der Waals surface area contributed by atoms with Gasteiger partial charge in [-0.05, 0) is 27.3 Å². The number of aromatic nitrogens is 2. The predicted octanol–water partition coefficient (Wildman–Crippen LogP) is 0.838. The second-order valence-electron chi connectivity index (χ2n) is 5.16. The van der Waals surface area contributed by atoms with E-state index in [2.05, 4.69) is 30.9 Å². The first-order chi connectivity index (χ1) is 8.56. The lowest BCUT2D eigenvalue weighted by atomic mass is 10.0. The van der Waals surface area contributed by atoms with Crippen molar-refractivity contribution in [3.05, 3.63) is 17.5 Å². The standard InChI is InChI=1S/C13H24N4O/c1-9-11(8-15-17(9)4)13(7-14)16(3)12-5-6-18-10(12)2/h8,10,12-13H,5-7,14H2,1-4H3. The molecule has 2 heterocycles. The first-order valence-electron chi connectivity index (χ1n) is 6.58. The Hall–Kier alpha value is -0.910. The second kappa shape index (κ2) is 5.38. The molecule has 102 valence electrons. The Kier molecular flexibility index (Phi) is 4.04. The van der Waals surface area contributed by atoms with Gasteiger partial charge >= 0.3 is 0 Å². The number of nitrogens with two attached hydrogens (primary N) is 1. The van der Waals surface area contributed by atoms with Crippen LogP contribution in [0.5, 0.6) is 0 Å². The fourth-order valence-corrected chi connectivity index (χ4v) is 2.84. The summed E-state index contributed by atoms with van der Waals surface area (Å²) >= 11 is 0. The van der Waals surface area contributed by atoms with E-state index in [0.717, 1.165) is 13.0 Å². The lowest BCUT2D eigenvalue weighted by Crippen LogP contribution is -2.42. The molecular formula is C13H24N4O. The summed E-state index contributed by atoms with van der Waals surface area (Å²) in [5.41, 5.74) is 8.39. The zero-order valence-electron chi connectivity index (χ0n) is 11.8. The van der Waals surface area contributed by atoms with E-state index in [1.165, 1.54) is 11.3 Å². The van der Waals surface area contributed by atoms with E-state index in [1.54, 1.807) is 0 Å². The molecule has 0 bridgehead atoms. The largest absolute Gasteiger partial charge is 0.377 e. The van der Waals surface area contributed by atoms with E-state index >= 15 is 0 Å². The van der Waals surface area contributed by atoms with Gasteiger partial charge in [-0.3, -0.25) is 9.58 Å². The van der Waals surface area contributed by atoms with E-state index in [1.807, 2.05) is 17.9 Å². The van der Waals surface area contributed by atoms with Gasteiger partial charge in [-0.1, -0.05) is 0 Å². The van der Waals surface area contributed by atoms with Crippen molar-refractivity contribution in [3.8, 4) is 0 Å². The number of rotatable bonds is 4. The number of likely N-dealkylation sites (N-methyl/N-ethyl adjacent to an activating group) is 1. The third kappa shape index (κ3) is 2.30. The number of hydrogen-bond acceptors (Lipinski definition) is 4. The summed E-state index contributed by atoms with van der Waals surface area (Å²) in [6.07, 6.45) is 3.29. The van der Waals surface area contributed by atoms with Crippen molar-refractivity contribution < 1.29 is 4.74 Å². The third-order valence-electron chi connectivity index (χ3n) is 4.21. The average molecular weight is 252 g/mol. The molecule has 0 spiro atoms. The van der Waals surface area contributed by atoms with Crippen LogP contribution in [-0.2, 0) is 11.8 Å². The fourth-order valence-electron chi connectivity index (χ4n) is 2.84. The second-order valence-corrected chi connectivity index (χ2v) is 5.16. The molecule has 0 aromatic carbocycles. The topological polar surface area (TPSA) is 56.3 Å². The minimum atomic E-state index is 0.216. The maximum atomic E-state index is 5.98. The zero-order chi connectivity index (χ0) is 13.3. The highest BCUT2D eigenvalue weighted by Crippen LogP contribution is 2.28. The predicted molar refractivity (Wildman–Crippen MR) is 71.3 cm³/mol. The monoisotopic (exact) mass is 252 g/mol. The normalized spacial score (nSPS) is 25.9. The molecule has 1 aliphatic heterocycles. The molecule has 1 aromatic rings. The summed E-state index contributed by atoms with van der Waals surface area (Å²) in [6, 6.07) is 0.658. The molecule has 3 atom stereocenters. The lowest BCUT2D eigenvalue weighted by Gasteiger charge is -2.33. The Morgan fingerprint density at radius 2 is 2.39 bits per heavy atom. The maximum absolute atomic E-state index is 5.98. The van der Waals surface area contributed by atoms with Crippen LogP contribution in [0.4, 0.5) is 0 Å². The van der Waals surface area contributed by atoms with E-state index < -0.39 is 0 Å². The SMILES string of the molecule is Cc1c(C(CN)N(C)C2CCOC2C)cnn1C. The molecule has 18 heavy (non-hydrogen) atoms. The van der Waals surface area contributed by atoms with Crippen LogP contribution in [-0.4, -0.2) is 47.0 Å². The van der Waals surface area contributed by atoms with Crippen molar-refractivity contribution in [3.63, 3.8) is 0 Å². The molecule has 1 aliphatic rings. The van der Waals surface area contributed by atoms with Crippen LogP contribution in [0, 0.1) is 6.92 Å². The van der Waals surface area contributed by atoms with E-state index in [-0.39, 0.29) is 12.1 Å². The van der Waals surface area contributed by atoms with Gasteiger partial charge in [0.25, 0.3) is 0 Å². The van der Waals surface area contributed by atoms with Gasteiger partial charge in [-0.25, -0.2) is 0 Å². The number of aryl methyl sites for hydroxylation is 1. The lowest BCUT2D eigenvalue weighted by molar-refractivity contribution is 0.0684. The molecule has 3 unspecified atom stereocenters. The Labute approximate surface area is 109 Å². The van der Waals surface area contributed by atoms with Crippen LogP contribution in [0.3, 0.4) is 0 Å². The van der Waals surface area contributed by atoms with E-state index in [0.29, 0.717) is 12.6 Å². The Bertz CT molecular complexity index is 404. The summed E-state index contributed by atoms with van der Waals surface area (Å²) < 4.78 is 7.55. The average Bonchev–Trinajstić information content (AvgIpc) is 2.90. The van der Waals surface area contributed by atoms with Gasteiger partial charge in [0.15, 0.2) is 0 Å². The molecular weight excluding hydrogens is 228 g/mol. The minimum Gasteiger partial charge on any atom is -0.377 e. The first-order valence-corrected chi connectivity index (χ1v) is 6.58. The summed E-state index contributed by atoms with van der Waals surface area (Å²) in [4.78, 5) is 2.35. The minimum absolute atomic E-state index is 0.216. The summed E-state index contributed by atoms with van der Waals surface area (Å²) in [7, 11) is 4.10. The van der Waals surface area contributed by atoms with Crippen LogP contribution in [0.25, 0.3) is 0 Å². The van der Waals surface area contributed by atoms with Gasteiger partial charge in [0.1, 0.15) is 0 Å². The molecule has 1 aromatic heterocycles. The van der Waals surface area contributed by atoms with Crippen molar-refractivity contribution in [2.75, 3.05) is 20.2 Å². The highest BCUT2D eigenvalue weighted by atomic mass is 16.5. The molecule has 1 fully saturated rings. The molecule has 0 saturated carbocycles. The smallest absolute Gasteiger partial charge is 0.0703 e. The van der Waals surface area contributed by atoms with Gasteiger partial charge in [-0.2, -0.15) is 5.10 Å². The molecule has 2 rings (SSSR count). The van der Waals surface area contributed by atoms with Gasteiger partial charge in [0.2, 0.25) is 0 Å².